The average molecular weight is 255 g/mol. The minimum absolute atomic E-state index is 0.0158. The molecular formula is C12H18FN3O2. The van der Waals surface area contributed by atoms with E-state index >= 15 is 0 Å². The number of hydrogen-bond donors (Lipinski definition) is 3. The number of hydrogen-bond acceptors (Lipinski definition) is 4. The van der Waals surface area contributed by atoms with Gasteiger partial charge >= 0.3 is 0 Å². The molecule has 1 unspecified atom stereocenters. The highest BCUT2D eigenvalue weighted by Gasteiger charge is 2.20. The van der Waals surface area contributed by atoms with E-state index in [0.717, 1.165) is 6.07 Å². The fourth-order valence-corrected chi connectivity index (χ4v) is 1.58. The zero-order chi connectivity index (χ0) is 13.9. The van der Waals surface area contributed by atoms with Crippen molar-refractivity contribution in [3.8, 4) is 5.75 Å². The van der Waals surface area contributed by atoms with E-state index in [-0.39, 0.29) is 17.4 Å². The largest absolute Gasteiger partial charge is 0.494 e. The fourth-order valence-electron chi connectivity index (χ4n) is 1.58. The number of amides is 1. The molecule has 0 spiro atoms. The summed E-state index contributed by atoms with van der Waals surface area (Å²) in [5, 5.41) is 2.90. The summed E-state index contributed by atoms with van der Waals surface area (Å²) < 4.78 is 18.2. The van der Waals surface area contributed by atoms with E-state index in [9.17, 15) is 9.18 Å². The van der Waals surface area contributed by atoms with Gasteiger partial charge in [-0.05, 0) is 5.92 Å². The van der Waals surface area contributed by atoms with Crippen LogP contribution in [0.3, 0.4) is 0 Å². The molecule has 0 aromatic heterocycles. The van der Waals surface area contributed by atoms with E-state index in [1.807, 2.05) is 13.8 Å². The van der Waals surface area contributed by atoms with E-state index in [1.54, 1.807) is 0 Å². The zero-order valence-corrected chi connectivity index (χ0v) is 10.7. The topological polar surface area (TPSA) is 90.4 Å². The van der Waals surface area contributed by atoms with E-state index in [0.29, 0.717) is 5.69 Å². The summed E-state index contributed by atoms with van der Waals surface area (Å²) >= 11 is 0. The van der Waals surface area contributed by atoms with Crippen LogP contribution in [0.5, 0.6) is 5.75 Å². The third-order valence-corrected chi connectivity index (χ3v) is 2.61. The van der Waals surface area contributed by atoms with Crippen LogP contribution < -0.4 is 21.5 Å². The van der Waals surface area contributed by atoms with Crippen molar-refractivity contribution in [2.75, 3.05) is 18.2 Å². The summed E-state index contributed by atoms with van der Waals surface area (Å²) in [5.74, 6) is -1.01. The van der Waals surface area contributed by atoms with Crippen LogP contribution in [0, 0.1) is 11.7 Å². The summed E-state index contributed by atoms with van der Waals surface area (Å²) in [6.45, 7) is 3.69. The first-order valence-electron chi connectivity index (χ1n) is 5.55. The van der Waals surface area contributed by atoms with Gasteiger partial charge in [0.15, 0.2) is 11.6 Å². The molecule has 5 N–H and O–H groups in total. The number of carbonyl (C=O) groups is 1. The molecule has 5 nitrogen and oxygen atoms in total. The average Bonchev–Trinajstić information content (AvgIpc) is 2.26. The monoisotopic (exact) mass is 255 g/mol. The minimum Gasteiger partial charge on any atom is -0.494 e. The third-order valence-electron chi connectivity index (χ3n) is 2.61. The zero-order valence-electron chi connectivity index (χ0n) is 10.7. The van der Waals surface area contributed by atoms with Crippen LogP contribution in [0.1, 0.15) is 13.8 Å². The van der Waals surface area contributed by atoms with Crippen molar-refractivity contribution in [2.24, 2.45) is 11.7 Å². The molecule has 0 aliphatic heterocycles. The lowest BCUT2D eigenvalue weighted by Gasteiger charge is -2.21. The molecule has 1 atom stereocenters. The first kappa shape index (κ1) is 14.1. The fraction of sp³-hybridized carbons (Fsp3) is 0.417. The molecule has 1 aromatic carbocycles. The first-order chi connectivity index (χ1) is 8.36. The van der Waals surface area contributed by atoms with Crippen LogP contribution in [-0.4, -0.2) is 19.1 Å². The maximum Gasteiger partial charge on any atom is 0.240 e. The van der Waals surface area contributed by atoms with Gasteiger partial charge < -0.3 is 21.5 Å². The number of ether oxygens (including phenoxy) is 1. The van der Waals surface area contributed by atoms with Crippen LogP contribution >= 0.6 is 0 Å². The number of nitrogen functional groups attached to an aromatic ring is 1. The maximum absolute atomic E-state index is 13.4. The number of anilines is 2. The molecule has 0 saturated carbocycles. The Morgan fingerprint density at radius 2 is 2.06 bits per heavy atom. The molecule has 0 bridgehead atoms. The second-order valence-corrected chi connectivity index (χ2v) is 4.34. The van der Waals surface area contributed by atoms with Crippen molar-refractivity contribution in [3.05, 3.63) is 17.9 Å². The standard InChI is InChI=1S/C12H18FN3O2/c1-6(2)11(12(15)17)16-9-5-10(18-3)7(13)4-8(9)14/h4-6,11,16H,14H2,1-3H3,(H2,15,17). The van der Waals surface area contributed by atoms with Crippen LogP contribution in [0.25, 0.3) is 0 Å². The Kier molecular flexibility index (Phi) is 4.36. The quantitative estimate of drug-likeness (QED) is 0.692. The predicted molar refractivity (Wildman–Crippen MR) is 68.8 cm³/mol. The minimum atomic E-state index is -0.581. The molecule has 1 rings (SSSR count). The third kappa shape index (κ3) is 3.03. The van der Waals surface area contributed by atoms with Gasteiger partial charge in [-0.3, -0.25) is 4.79 Å². The summed E-state index contributed by atoms with van der Waals surface area (Å²) in [5.41, 5.74) is 11.6. The number of nitrogens with two attached hydrogens (primary N) is 2. The molecule has 1 aromatic rings. The predicted octanol–water partition coefficient (Wildman–Crippen LogP) is 1.34. The van der Waals surface area contributed by atoms with Crippen LogP contribution in [0.4, 0.5) is 15.8 Å². The highest BCUT2D eigenvalue weighted by atomic mass is 19.1. The Balaban J connectivity index is 3.06. The molecule has 0 aliphatic carbocycles. The van der Waals surface area contributed by atoms with Gasteiger partial charge in [0.05, 0.1) is 18.5 Å². The van der Waals surface area contributed by atoms with Crippen molar-refractivity contribution in [2.45, 2.75) is 19.9 Å². The molecule has 1 amide bonds. The van der Waals surface area contributed by atoms with Crippen molar-refractivity contribution in [1.82, 2.24) is 0 Å². The van der Waals surface area contributed by atoms with Crippen LogP contribution in [0.15, 0.2) is 12.1 Å². The van der Waals surface area contributed by atoms with E-state index in [2.05, 4.69) is 5.32 Å². The number of nitrogens with one attached hydrogen (secondary N) is 1. The number of rotatable bonds is 5. The second kappa shape index (κ2) is 5.57. The summed E-state index contributed by atoms with van der Waals surface area (Å²) in [6, 6.07) is 1.96. The van der Waals surface area contributed by atoms with Gasteiger partial charge in [-0.2, -0.15) is 0 Å². The summed E-state index contributed by atoms with van der Waals surface area (Å²) in [7, 11) is 1.35. The summed E-state index contributed by atoms with van der Waals surface area (Å²) in [4.78, 5) is 11.3. The lowest BCUT2D eigenvalue weighted by molar-refractivity contribution is -0.119. The molecule has 0 saturated heterocycles. The number of benzene rings is 1. The first-order valence-corrected chi connectivity index (χ1v) is 5.55. The molecular weight excluding hydrogens is 237 g/mol. The van der Waals surface area contributed by atoms with Crippen LogP contribution in [-0.2, 0) is 4.79 Å². The van der Waals surface area contributed by atoms with Gasteiger partial charge in [-0.25, -0.2) is 4.39 Å². The van der Waals surface area contributed by atoms with Crippen molar-refractivity contribution >= 4 is 17.3 Å². The smallest absolute Gasteiger partial charge is 0.240 e. The van der Waals surface area contributed by atoms with Crippen molar-refractivity contribution in [3.63, 3.8) is 0 Å². The number of carbonyl (C=O) groups excluding carboxylic acids is 1. The van der Waals surface area contributed by atoms with Crippen LogP contribution in [0.2, 0.25) is 0 Å². The van der Waals surface area contributed by atoms with Gasteiger partial charge in [-0.1, -0.05) is 13.8 Å². The van der Waals surface area contributed by atoms with Gasteiger partial charge in [0, 0.05) is 12.1 Å². The Morgan fingerprint density at radius 3 is 2.50 bits per heavy atom. The van der Waals surface area contributed by atoms with Crippen molar-refractivity contribution < 1.29 is 13.9 Å². The molecule has 0 aliphatic rings. The Morgan fingerprint density at radius 1 is 1.44 bits per heavy atom. The highest BCUT2D eigenvalue weighted by molar-refractivity contribution is 5.85. The Labute approximate surface area is 105 Å². The summed E-state index contributed by atoms with van der Waals surface area (Å²) in [6.07, 6.45) is 0. The number of primary amides is 1. The molecule has 100 valence electrons. The lowest BCUT2D eigenvalue weighted by Crippen LogP contribution is -2.39. The van der Waals surface area contributed by atoms with Gasteiger partial charge in [0.2, 0.25) is 5.91 Å². The van der Waals surface area contributed by atoms with Gasteiger partial charge in [0.25, 0.3) is 0 Å². The molecule has 0 heterocycles. The Bertz CT molecular complexity index is 449. The molecule has 18 heavy (non-hydrogen) atoms. The van der Waals surface area contributed by atoms with E-state index in [4.69, 9.17) is 16.2 Å². The maximum atomic E-state index is 13.4. The van der Waals surface area contributed by atoms with E-state index in [1.165, 1.54) is 13.2 Å². The Hall–Kier alpha value is -1.98. The van der Waals surface area contributed by atoms with Gasteiger partial charge in [-0.15, -0.1) is 0 Å². The SMILES string of the molecule is COc1cc(NC(C(N)=O)C(C)C)c(N)cc1F. The molecule has 0 radical (unpaired) electrons. The van der Waals surface area contributed by atoms with Gasteiger partial charge in [0.1, 0.15) is 6.04 Å². The van der Waals surface area contributed by atoms with Crippen molar-refractivity contribution in [1.29, 1.82) is 0 Å². The molecule has 0 fully saturated rings. The normalized spacial score (nSPS) is 12.3. The highest BCUT2D eigenvalue weighted by Crippen LogP contribution is 2.29. The second-order valence-electron chi connectivity index (χ2n) is 4.34. The van der Waals surface area contributed by atoms with E-state index < -0.39 is 17.8 Å². The number of halogens is 1. The molecule has 6 heteroatoms. The number of methoxy groups -OCH3 is 1. The lowest BCUT2D eigenvalue weighted by atomic mass is 10.0.